The lowest BCUT2D eigenvalue weighted by Gasteiger charge is -2.34. The maximum Gasteiger partial charge on any atom is 0.124 e. The first kappa shape index (κ1) is 23.9. The van der Waals surface area contributed by atoms with Crippen molar-refractivity contribution in [3.05, 3.63) is 58.7 Å². The molecule has 0 saturated heterocycles. The van der Waals surface area contributed by atoms with Crippen LogP contribution in [0.4, 0.5) is 0 Å². The van der Waals surface area contributed by atoms with Crippen molar-refractivity contribution in [1.82, 2.24) is 0 Å². The molecule has 2 aromatic rings. The van der Waals surface area contributed by atoms with Gasteiger partial charge < -0.3 is 9.47 Å². The third-order valence-electron chi connectivity index (χ3n) is 6.74. The average Bonchev–Trinajstić information content (AvgIpc) is 2.89. The second kappa shape index (κ2) is 10.2. The zero-order valence-electron chi connectivity index (χ0n) is 20.6. The van der Waals surface area contributed by atoms with Crippen molar-refractivity contribution in [2.24, 2.45) is 11.8 Å². The van der Waals surface area contributed by atoms with Crippen LogP contribution in [0.15, 0.2) is 36.4 Å². The highest BCUT2D eigenvalue weighted by molar-refractivity contribution is 7.73. The Kier molecular flexibility index (Phi) is 7.87. The Balaban J connectivity index is 2.22. The summed E-state index contributed by atoms with van der Waals surface area (Å²) in [6, 6.07) is 9.51. The molecule has 0 spiro atoms. The maximum absolute atomic E-state index is 5.68. The van der Waals surface area contributed by atoms with E-state index in [2.05, 4.69) is 78.0 Å². The summed E-state index contributed by atoms with van der Waals surface area (Å²) in [4.78, 5) is 0. The summed E-state index contributed by atoms with van der Waals surface area (Å²) in [7, 11) is 3.00. The third-order valence-corrected chi connectivity index (χ3v) is 9.56. The van der Waals surface area contributed by atoms with E-state index in [0.717, 1.165) is 17.4 Å². The van der Waals surface area contributed by atoms with Crippen molar-refractivity contribution < 1.29 is 9.47 Å². The van der Waals surface area contributed by atoms with Crippen molar-refractivity contribution >= 4 is 18.5 Å². The smallest absolute Gasteiger partial charge is 0.124 e. The maximum atomic E-state index is 5.68. The van der Waals surface area contributed by atoms with Gasteiger partial charge in [0.05, 0.1) is 14.2 Å². The van der Waals surface area contributed by atoms with Gasteiger partial charge in [-0.1, -0.05) is 32.4 Å². The molecular weight excluding hydrogens is 399 g/mol. The van der Waals surface area contributed by atoms with Gasteiger partial charge in [0.25, 0.3) is 0 Å². The number of allylic oxidation sites excluding steroid dienone is 2. The van der Waals surface area contributed by atoms with Crippen LogP contribution in [0.3, 0.4) is 0 Å². The molecule has 31 heavy (non-hydrogen) atoms. The fourth-order valence-electron chi connectivity index (χ4n) is 5.34. The topological polar surface area (TPSA) is 18.5 Å². The van der Waals surface area contributed by atoms with Crippen molar-refractivity contribution in [3.63, 3.8) is 0 Å². The second-order valence-corrected chi connectivity index (χ2v) is 11.6. The zero-order valence-corrected chi connectivity index (χ0v) is 21.5. The molecule has 168 valence electrons. The quantitative estimate of drug-likeness (QED) is 0.367. The molecule has 0 radical (unpaired) electrons. The summed E-state index contributed by atoms with van der Waals surface area (Å²) >= 11 is 0. The minimum Gasteiger partial charge on any atom is -0.496 e. The summed E-state index contributed by atoms with van der Waals surface area (Å²) < 4.78 is 11.4. The molecule has 1 aliphatic carbocycles. The number of benzene rings is 2. The second-order valence-electron chi connectivity index (χ2n) is 9.26. The summed E-state index contributed by atoms with van der Waals surface area (Å²) in [5.41, 5.74) is 5.46. The van der Waals surface area contributed by atoms with Gasteiger partial charge in [-0.2, -0.15) is 0 Å². The Morgan fingerprint density at radius 1 is 0.839 bits per heavy atom. The Hall–Kier alpha value is -1.79. The van der Waals surface area contributed by atoms with Gasteiger partial charge in [0.1, 0.15) is 11.5 Å². The first-order valence-corrected chi connectivity index (χ1v) is 13.0. The van der Waals surface area contributed by atoms with E-state index >= 15 is 0 Å². The van der Waals surface area contributed by atoms with Gasteiger partial charge in [0.15, 0.2) is 0 Å². The van der Waals surface area contributed by atoms with Crippen molar-refractivity contribution in [2.45, 2.75) is 66.5 Å². The third kappa shape index (κ3) is 5.01. The predicted molar refractivity (Wildman–Crippen MR) is 136 cm³/mol. The monoisotopic (exact) mass is 438 g/mol. The minimum absolute atomic E-state index is 0.546. The molecular formula is C28H39O2P. The van der Waals surface area contributed by atoms with Gasteiger partial charge in [-0.3, -0.25) is 0 Å². The molecule has 0 fully saturated rings. The van der Waals surface area contributed by atoms with Gasteiger partial charge in [-0.15, -0.1) is 0 Å². The van der Waals surface area contributed by atoms with Crippen LogP contribution in [0.1, 0.15) is 55.4 Å². The van der Waals surface area contributed by atoms with E-state index in [0.29, 0.717) is 11.6 Å². The number of methoxy groups -OCH3 is 2. The minimum atomic E-state index is -0.548. The lowest BCUT2D eigenvalue weighted by Crippen LogP contribution is -2.28. The number of ether oxygens (including phenoxy) is 2. The highest BCUT2D eigenvalue weighted by Crippen LogP contribution is 2.49. The molecule has 3 rings (SSSR count). The summed E-state index contributed by atoms with van der Waals surface area (Å²) in [6.07, 6.45) is 8.72. The summed E-state index contributed by atoms with van der Waals surface area (Å²) in [6.45, 7) is 13.5. The van der Waals surface area contributed by atoms with E-state index < -0.39 is 7.92 Å². The van der Waals surface area contributed by atoms with E-state index in [1.807, 2.05) is 0 Å². The van der Waals surface area contributed by atoms with Gasteiger partial charge in [-0.25, -0.2) is 0 Å². The Bertz CT molecular complexity index is 841. The van der Waals surface area contributed by atoms with Crippen molar-refractivity contribution in [3.8, 4) is 11.5 Å². The van der Waals surface area contributed by atoms with Crippen LogP contribution in [-0.4, -0.2) is 19.9 Å². The number of rotatable bonds is 6. The fraction of sp³-hybridized carbons (Fsp3) is 0.500. The largest absolute Gasteiger partial charge is 0.496 e. The van der Waals surface area contributed by atoms with Gasteiger partial charge in [-0.05, 0) is 117 Å². The highest BCUT2D eigenvalue weighted by Gasteiger charge is 2.32. The van der Waals surface area contributed by atoms with E-state index in [-0.39, 0.29) is 0 Å². The molecule has 1 aliphatic rings. The first-order valence-electron chi connectivity index (χ1n) is 11.6. The molecule has 0 N–H and O–H groups in total. The van der Waals surface area contributed by atoms with Gasteiger partial charge >= 0.3 is 0 Å². The SMILES string of the molecule is CCC1CC(C)CC=CC1P(c1cc(C)c(OC)c(C)c1)c1cc(C)c(OC)c(C)c1. The molecule has 0 aliphatic heterocycles. The molecule has 0 aromatic heterocycles. The lowest BCUT2D eigenvalue weighted by molar-refractivity contribution is 0.400. The molecule has 2 aromatic carbocycles. The Labute approximate surface area is 190 Å². The van der Waals surface area contributed by atoms with E-state index in [1.165, 1.54) is 52.1 Å². The number of hydrogen-bond donors (Lipinski definition) is 0. The van der Waals surface area contributed by atoms with Crippen LogP contribution in [-0.2, 0) is 0 Å². The first-order chi connectivity index (χ1) is 14.8. The van der Waals surface area contributed by atoms with Crippen LogP contribution in [0.5, 0.6) is 11.5 Å². The summed E-state index contributed by atoms with van der Waals surface area (Å²) in [5, 5.41) is 2.91. The average molecular weight is 439 g/mol. The highest BCUT2D eigenvalue weighted by atomic mass is 31.1. The summed E-state index contributed by atoms with van der Waals surface area (Å²) in [5.74, 6) is 3.47. The zero-order chi connectivity index (χ0) is 22.7. The van der Waals surface area contributed by atoms with Crippen LogP contribution in [0.25, 0.3) is 0 Å². The Morgan fingerprint density at radius 2 is 1.29 bits per heavy atom. The standard InChI is InChI=1S/C28H39O2P/c1-9-23-13-18(2)11-10-12-26(23)31(24-14-19(3)27(29-7)20(4)15-24)25-16-21(5)28(30-8)22(6)17-25/h10,12,14-18,23,26H,9,11,13H2,1-8H3. The lowest BCUT2D eigenvalue weighted by atomic mass is 9.92. The molecule has 0 amide bonds. The predicted octanol–water partition coefficient (Wildman–Crippen LogP) is 6.75. The normalized spacial score (nSPS) is 21.3. The molecule has 0 heterocycles. The van der Waals surface area contributed by atoms with Crippen LogP contribution in [0, 0.1) is 39.5 Å². The van der Waals surface area contributed by atoms with Gasteiger partial charge in [0, 0.05) is 5.66 Å². The van der Waals surface area contributed by atoms with Crippen molar-refractivity contribution in [2.75, 3.05) is 14.2 Å². The van der Waals surface area contributed by atoms with Crippen LogP contribution < -0.4 is 20.1 Å². The molecule has 3 unspecified atom stereocenters. The van der Waals surface area contributed by atoms with Crippen molar-refractivity contribution in [1.29, 1.82) is 0 Å². The number of aryl methyl sites for hydroxylation is 4. The molecule has 0 bridgehead atoms. The number of hydrogen-bond acceptors (Lipinski definition) is 2. The van der Waals surface area contributed by atoms with Crippen LogP contribution >= 0.6 is 7.92 Å². The molecule has 0 saturated carbocycles. The van der Waals surface area contributed by atoms with Crippen LogP contribution in [0.2, 0.25) is 0 Å². The molecule has 2 nitrogen and oxygen atoms in total. The van der Waals surface area contributed by atoms with E-state index in [4.69, 9.17) is 9.47 Å². The molecule has 3 atom stereocenters. The van der Waals surface area contributed by atoms with Gasteiger partial charge in [0.2, 0.25) is 0 Å². The molecule has 3 heteroatoms. The Morgan fingerprint density at radius 3 is 1.68 bits per heavy atom. The van der Waals surface area contributed by atoms with E-state index in [9.17, 15) is 0 Å². The van der Waals surface area contributed by atoms with E-state index in [1.54, 1.807) is 14.2 Å². The fourth-order valence-corrected chi connectivity index (χ4v) is 8.70.